The van der Waals surface area contributed by atoms with Gasteiger partial charge in [-0.3, -0.25) is 4.79 Å². The standard InChI is InChI=1S/C12H12F2N2O5/c1-21-11(19)9-6(13)2-3-7(10(9)14)16-12(20)15-5-4-8(17)18/h2-3H,4-5H2,1H3,(H,17,18)(H2,15,16,20). The fourth-order valence-corrected chi connectivity index (χ4v) is 1.39. The highest BCUT2D eigenvalue weighted by Crippen LogP contribution is 2.21. The Morgan fingerprint density at radius 2 is 1.95 bits per heavy atom. The van der Waals surface area contributed by atoms with E-state index in [9.17, 15) is 23.2 Å². The molecular weight excluding hydrogens is 290 g/mol. The Hall–Kier alpha value is -2.71. The van der Waals surface area contributed by atoms with Gasteiger partial charge in [-0.1, -0.05) is 0 Å². The number of halogens is 2. The minimum atomic E-state index is -1.28. The van der Waals surface area contributed by atoms with E-state index in [4.69, 9.17) is 5.11 Å². The van der Waals surface area contributed by atoms with E-state index >= 15 is 0 Å². The van der Waals surface area contributed by atoms with E-state index in [0.717, 1.165) is 19.2 Å². The third kappa shape index (κ3) is 4.41. The summed E-state index contributed by atoms with van der Waals surface area (Å²) >= 11 is 0. The Labute approximate surface area is 117 Å². The average Bonchev–Trinajstić information content (AvgIpc) is 2.41. The summed E-state index contributed by atoms with van der Waals surface area (Å²) < 4.78 is 31.5. The number of carboxylic acid groups (broad SMARTS) is 1. The molecule has 0 aromatic heterocycles. The maximum atomic E-state index is 13.9. The van der Waals surface area contributed by atoms with Gasteiger partial charge in [0.25, 0.3) is 0 Å². The van der Waals surface area contributed by atoms with Crippen molar-refractivity contribution in [3.8, 4) is 0 Å². The maximum Gasteiger partial charge on any atom is 0.343 e. The lowest BCUT2D eigenvalue weighted by Crippen LogP contribution is -2.31. The lowest BCUT2D eigenvalue weighted by atomic mass is 10.1. The molecule has 1 aromatic carbocycles. The average molecular weight is 302 g/mol. The van der Waals surface area contributed by atoms with E-state index in [1.165, 1.54) is 0 Å². The minimum absolute atomic E-state index is 0.173. The van der Waals surface area contributed by atoms with Crippen LogP contribution < -0.4 is 10.6 Å². The molecule has 0 aliphatic carbocycles. The fourth-order valence-electron chi connectivity index (χ4n) is 1.39. The predicted molar refractivity (Wildman–Crippen MR) is 67.0 cm³/mol. The van der Waals surface area contributed by atoms with Crippen LogP contribution in [0.2, 0.25) is 0 Å². The molecule has 0 aliphatic heterocycles. The first-order valence-electron chi connectivity index (χ1n) is 5.69. The smallest absolute Gasteiger partial charge is 0.343 e. The van der Waals surface area contributed by atoms with Crippen LogP contribution in [0.5, 0.6) is 0 Å². The van der Waals surface area contributed by atoms with E-state index in [0.29, 0.717) is 0 Å². The molecule has 0 unspecified atom stereocenters. The first-order chi connectivity index (χ1) is 9.86. The van der Waals surface area contributed by atoms with Crippen LogP contribution >= 0.6 is 0 Å². The molecule has 0 heterocycles. The van der Waals surface area contributed by atoms with Gasteiger partial charge in [-0.25, -0.2) is 18.4 Å². The largest absolute Gasteiger partial charge is 0.481 e. The van der Waals surface area contributed by atoms with Crippen molar-refractivity contribution in [3.63, 3.8) is 0 Å². The normalized spacial score (nSPS) is 9.86. The van der Waals surface area contributed by atoms with Gasteiger partial charge in [-0.15, -0.1) is 0 Å². The lowest BCUT2D eigenvalue weighted by molar-refractivity contribution is -0.136. The number of carbonyl (C=O) groups is 3. The molecule has 1 aromatic rings. The lowest BCUT2D eigenvalue weighted by Gasteiger charge is -2.10. The number of esters is 1. The highest BCUT2D eigenvalue weighted by atomic mass is 19.1. The number of urea groups is 1. The van der Waals surface area contributed by atoms with Crippen LogP contribution in [0.4, 0.5) is 19.3 Å². The van der Waals surface area contributed by atoms with Gasteiger partial charge in [0.2, 0.25) is 0 Å². The number of ether oxygens (including phenoxy) is 1. The summed E-state index contributed by atoms with van der Waals surface area (Å²) in [6, 6.07) is 0.827. The molecule has 1 rings (SSSR count). The van der Waals surface area contributed by atoms with Crippen molar-refractivity contribution >= 4 is 23.7 Å². The Morgan fingerprint density at radius 3 is 2.52 bits per heavy atom. The Morgan fingerprint density at radius 1 is 1.29 bits per heavy atom. The summed E-state index contributed by atoms with van der Waals surface area (Å²) in [4.78, 5) is 32.9. The molecular formula is C12H12F2N2O5. The quantitative estimate of drug-likeness (QED) is 0.712. The minimum Gasteiger partial charge on any atom is -0.481 e. The van der Waals surface area contributed by atoms with Crippen LogP contribution in [-0.4, -0.2) is 36.7 Å². The highest BCUT2D eigenvalue weighted by molar-refractivity contribution is 5.94. The second-order valence-electron chi connectivity index (χ2n) is 3.80. The molecule has 0 saturated carbocycles. The zero-order chi connectivity index (χ0) is 16.0. The third-order valence-corrected chi connectivity index (χ3v) is 2.35. The second kappa shape index (κ2) is 7.17. The molecule has 0 aliphatic rings. The number of hydrogen-bond donors (Lipinski definition) is 3. The molecule has 0 bridgehead atoms. The molecule has 7 nitrogen and oxygen atoms in total. The van der Waals surface area contributed by atoms with Crippen molar-refractivity contribution in [1.29, 1.82) is 0 Å². The van der Waals surface area contributed by atoms with Gasteiger partial charge in [0.15, 0.2) is 5.82 Å². The van der Waals surface area contributed by atoms with E-state index in [1.54, 1.807) is 0 Å². The summed E-state index contributed by atoms with van der Waals surface area (Å²) in [6.45, 7) is -0.173. The fraction of sp³-hybridized carbons (Fsp3) is 0.250. The van der Waals surface area contributed by atoms with Crippen LogP contribution in [0, 0.1) is 11.6 Å². The molecule has 0 radical (unpaired) electrons. The first-order valence-corrected chi connectivity index (χ1v) is 5.69. The van der Waals surface area contributed by atoms with E-state index in [1.807, 2.05) is 5.32 Å². The van der Waals surface area contributed by atoms with Crippen molar-refractivity contribution in [2.24, 2.45) is 0 Å². The summed E-state index contributed by atoms with van der Waals surface area (Å²) in [6.07, 6.45) is -0.313. The van der Waals surface area contributed by atoms with Crippen molar-refractivity contribution in [2.75, 3.05) is 19.0 Å². The summed E-state index contributed by atoms with van der Waals surface area (Å²) in [5, 5.41) is 12.6. The number of rotatable bonds is 5. The van der Waals surface area contributed by atoms with Gasteiger partial charge < -0.3 is 20.5 Å². The predicted octanol–water partition coefficient (Wildman–Crippen LogP) is 1.35. The monoisotopic (exact) mass is 302 g/mol. The van der Waals surface area contributed by atoms with Gasteiger partial charge in [-0.05, 0) is 12.1 Å². The van der Waals surface area contributed by atoms with Crippen LogP contribution in [0.3, 0.4) is 0 Å². The third-order valence-electron chi connectivity index (χ3n) is 2.35. The topological polar surface area (TPSA) is 105 Å². The maximum absolute atomic E-state index is 13.9. The molecule has 0 saturated heterocycles. The van der Waals surface area contributed by atoms with E-state index < -0.39 is 40.9 Å². The van der Waals surface area contributed by atoms with Crippen molar-refractivity contribution in [2.45, 2.75) is 6.42 Å². The zero-order valence-electron chi connectivity index (χ0n) is 10.9. The number of nitrogens with one attached hydrogen (secondary N) is 2. The summed E-state index contributed by atoms with van der Waals surface area (Å²) in [5.74, 6) is -4.75. The highest BCUT2D eigenvalue weighted by Gasteiger charge is 2.22. The molecule has 114 valence electrons. The summed E-state index contributed by atoms with van der Waals surface area (Å²) in [7, 11) is 0.958. The molecule has 0 fully saturated rings. The Balaban J connectivity index is 2.82. The molecule has 0 atom stereocenters. The molecule has 9 heteroatoms. The molecule has 21 heavy (non-hydrogen) atoms. The van der Waals surface area contributed by atoms with Gasteiger partial charge in [0.05, 0.1) is 19.2 Å². The molecule has 0 spiro atoms. The number of hydrogen-bond acceptors (Lipinski definition) is 4. The van der Waals surface area contributed by atoms with Crippen LogP contribution in [0.1, 0.15) is 16.8 Å². The van der Waals surface area contributed by atoms with E-state index in [-0.39, 0.29) is 13.0 Å². The first kappa shape index (κ1) is 16.3. The van der Waals surface area contributed by atoms with Crippen molar-refractivity contribution in [1.82, 2.24) is 5.32 Å². The van der Waals surface area contributed by atoms with Gasteiger partial charge in [0.1, 0.15) is 11.4 Å². The number of amides is 2. The number of carboxylic acids is 1. The second-order valence-corrected chi connectivity index (χ2v) is 3.80. The number of methoxy groups -OCH3 is 1. The number of benzene rings is 1. The van der Waals surface area contributed by atoms with Crippen LogP contribution in [0.25, 0.3) is 0 Å². The number of aliphatic carboxylic acids is 1. The van der Waals surface area contributed by atoms with Gasteiger partial charge in [-0.2, -0.15) is 0 Å². The van der Waals surface area contributed by atoms with Crippen molar-refractivity contribution < 1.29 is 33.0 Å². The van der Waals surface area contributed by atoms with Gasteiger partial charge >= 0.3 is 18.0 Å². The van der Waals surface area contributed by atoms with Crippen LogP contribution in [-0.2, 0) is 9.53 Å². The zero-order valence-corrected chi connectivity index (χ0v) is 10.9. The molecule has 2 amide bonds. The number of carbonyl (C=O) groups excluding carboxylic acids is 2. The number of anilines is 1. The van der Waals surface area contributed by atoms with Crippen molar-refractivity contribution in [3.05, 3.63) is 29.3 Å². The molecule has 3 N–H and O–H groups in total. The summed E-state index contributed by atoms with van der Waals surface area (Å²) in [5.41, 5.74) is -1.37. The van der Waals surface area contributed by atoms with E-state index in [2.05, 4.69) is 10.1 Å². The Kier molecular flexibility index (Phi) is 5.58. The SMILES string of the molecule is COC(=O)c1c(F)ccc(NC(=O)NCCC(=O)O)c1F. The Bertz CT molecular complexity index is 577. The van der Waals surface area contributed by atoms with Crippen LogP contribution in [0.15, 0.2) is 12.1 Å². The van der Waals surface area contributed by atoms with Gasteiger partial charge in [0, 0.05) is 6.54 Å².